The Morgan fingerprint density at radius 3 is 2.35 bits per heavy atom. The number of para-hydroxylation sites is 1. The standard InChI is InChI=1S/C12H17N3O2/c16-10-12(13-17)15-8-6-14(7-9-15)11-4-2-1-3-5-11/h1-5,10,12-13,17H,6-9H2. The van der Waals surface area contributed by atoms with Crippen LogP contribution in [0, 0.1) is 0 Å². The van der Waals surface area contributed by atoms with E-state index in [1.165, 1.54) is 5.69 Å². The van der Waals surface area contributed by atoms with Gasteiger partial charge in [0.05, 0.1) is 0 Å². The van der Waals surface area contributed by atoms with E-state index in [9.17, 15) is 4.79 Å². The summed E-state index contributed by atoms with van der Waals surface area (Å²) in [5, 5.41) is 8.82. The van der Waals surface area contributed by atoms with Gasteiger partial charge in [-0.25, -0.2) is 0 Å². The van der Waals surface area contributed by atoms with Gasteiger partial charge in [0, 0.05) is 31.9 Å². The molecule has 2 N–H and O–H groups in total. The lowest BCUT2D eigenvalue weighted by atomic mass is 10.2. The van der Waals surface area contributed by atoms with Crippen molar-refractivity contribution in [2.75, 3.05) is 31.1 Å². The summed E-state index contributed by atoms with van der Waals surface area (Å²) < 4.78 is 0. The second-order valence-corrected chi connectivity index (χ2v) is 4.07. The first-order valence-corrected chi connectivity index (χ1v) is 5.74. The van der Waals surface area contributed by atoms with E-state index in [1.54, 1.807) is 0 Å². The molecule has 1 saturated heterocycles. The number of anilines is 1. The largest absolute Gasteiger partial charge is 0.369 e. The first-order valence-electron chi connectivity index (χ1n) is 5.74. The van der Waals surface area contributed by atoms with Gasteiger partial charge in [0.2, 0.25) is 0 Å². The smallest absolute Gasteiger partial charge is 0.153 e. The Balaban J connectivity index is 1.92. The van der Waals surface area contributed by atoms with E-state index in [0.717, 1.165) is 32.5 Å². The molecule has 0 aliphatic carbocycles. The summed E-state index contributed by atoms with van der Waals surface area (Å²) in [6, 6.07) is 10.2. The predicted octanol–water partition coefficient (Wildman–Crippen LogP) is 0.312. The van der Waals surface area contributed by atoms with Crippen LogP contribution in [0.2, 0.25) is 0 Å². The molecular formula is C12H17N3O2. The molecule has 1 fully saturated rings. The van der Waals surface area contributed by atoms with Gasteiger partial charge in [0.15, 0.2) is 6.29 Å². The Hall–Kier alpha value is -1.43. The van der Waals surface area contributed by atoms with Gasteiger partial charge in [-0.3, -0.25) is 4.90 Å². The van der Waals surface area contributed by atoms with E-state index in [-0.39, 0.29) is 0 Å². The van der Waals surface area contributed by atoms with Crippen LogP contribution in [0.1, 0.15) is 0 Å². The molecule has 1 heterocycles. The highest BCUT2D eigenvalue weighted by atomic mass is 16.5. The van der Waals surface area contributed by atoms with Crippen molar-refractivity contribution in [2.45, 2.75) is 6.17 Å². The second kappa shape index (κ2) is 5.77. The zero-order chi connectivity index (χ0) is 12.1. The topological polar surface area (TPSA) is 55.8 Å². The number of hydrogen-bond donors (Lipinski definition) is 2. The van der Waals surface area contributed by atoms with E-state index in [0.29, 0.717) is 0 Å². The van der Waals surface area contributed by atoms with Crippen molar-refractivity contribution < 1.29 is 10.0 Å². The molecular weight excluding hydrogens is 218 g/mol. The summed E-state index contributed by atoms with van der Waals surface area (Å²) >= 11 is 0. The van der Waals surface area contributed by atoms with Gasteiger partial charge < -0.3 is 14.9 Å². The Labute approximate surface area is 101 Å². The molecule has 0 spiro atoms. The summed E-state index contributed by atoms with van der Waals surface area (Å²) in [4.78, 5) is 14.9. The third kappa shape index (κ3) is 2.82. The summed E-state index contributed by atoms with van der Waals surface area (Å²) in [5.41, 5.74) is 3.22. The maximum Gasteiger partial charge on any atom is 0.153 e. The molecule has 1 aromatic rings. The number of carbonyl (C=O) groups is 1. The Morgan fingerprint density at radius 1 is 1.18 bits per heavy atom. The van der Waals surface area contributed by atoms with Crippen LogP contribution in [0.25, 0.3) is 0 Å². The third-order valence-electron chi connectivity index (χ3n) is 3.09. The molecule has 2 rings (SSSR count). The molecule has 0 radical (unpaired) electrons. The SMILES string of the molecule is O=CC(NO)N1CCN(c2ccccc2)CC1. The van der Waals surface area contributed by atoms with Gasteiger partial charge >= 0.3 is 0 Å². The highest BCUT2D eigenvalue weighted by molar-refractivity contribution is 5.56. The molecule has 0 saturated carbocycles. The Bertz CT molecular complexity index is 350. The van der Waals surface area contributed by atoms with Gasteiger partial charge in [0.25, 0.3) is 0 Å². The quantitative estimate of drug-likeness (QED) is 0.581. The number of nitrogens with one attached hydrogen (secondary N) is 1. The highest BCUT2D eigenvalue weighted by Crippen LogP contribution is 2.15. The van der Waals surface area contributed by atoms with E-state index >= 15 is 0 Å². The van der Waals surface area contributed by atoms with E-state index in [2.05, 4.69) is 17.0 Å². The maximum absolute atomic E-state index is 10.7. The fourth-order valence-electron chi connectivity index (χ4n) is 2.10. The van der Waals surface area contributed by atoms with Crippen molar-refractivity contribution in [2.24, 2.45) is 0 Å². The molecule has 0 bridgehead atoms. The van der Waals surface area contributed by atoms with Crippen molar-refractivity contribution in [1.82, 2.24) is 10.4 Å². The molecule has 17 heavy (non-hydrogen) atoms. The minimum Gasteiger partial charge on any atom is -0.369 e. The number of hydroxylamine groups is 1. The fraction of sp³-hybridized carbons (Fsp3) is 0.417. The van der Waals surface area contributed by atoms with Crippen molar-refractivity contribution in [3.8, 4) is 0 Å². The van der Waals surface area contributed by atoms with Gasteiger partial charge in [-0.05, 0) is 12.1 Å². The van der Waals surface area contributed by atoms with Crippen LogP contribution in [0.4, 0.5) is 5.69 Å². The van der Waals surface area contributed by atoms with Crippen LogP contribution in [-0.2, 0) is 4.79 Å². The van der Waals surface area contributed by atoms with Crippen LogP contribution in [0.5, 0.6) is 0 Å². The molecule has 1 unspecified atom stereocenters. The van der Waals surface area contributed by atoms with Gasteiger partial charge in [-0.15, -0.1) is 0 Å². The van der Waals surface area contributed by atoms with Crippen LogP contribution in [0.15, 0.2) is 30.3 Å². The normalized spacial score (nSPS) is 19.0. The number of carbonyl (C=O) groups excluding carboxylic acids is 1. The molecule has 1 aliphatic heterocycles. The number of benzene rings is 1. The molecule has 5 heteroatoms. The maximum atomic E-state index is 10.7. The lowest BCUT2D eigenvalue weighted by Crippen LogP contribution is -2.55. The summed E-state index contributed by atoms with van der Waals surface area (Å²) in [6.45, 7) is 3.23. The van der Waals surface area contributed by atoms with Crippen molar-refractivity contribution >= 4 is 12.0 Å². The van der Waals surface area contributed by atoms with Crippen molar-refractivity contribution in [3.05, 3.63) is 30.3 Å². The van der Waals surface area contributed by atoms with Gasteiger partial charge in [0.1, 0.15) is 6.17 Å². The van der Waals surface area contributed by atoms with Crippen molar-refractivity contribution in [1.29, 1.82) is 0 Å². The first-order chi connectivity index (χ1) is 8.35. The van der Waals surface area contributed by atoms with E-state index < -0.39 is 6.17 Å². The number of rotatable bonds is 4. The number of hydrogen-bond acceptors (Lipinski definition) is 5. The molecule has 0 aromatic heterocycles. The first kappa shape index (κ1) is 12.0. The van der Waals surface area contributed by atoms with Gasteiger partial charge in [-0.2, -0.15) is 5.48 Å². The molecule has 1 aliphatic rings. The average Bonchev–Trinajstić information content (AvgIpc) is 2.42. The van der Waals surface area contributed by atoms with Crippen LogP contribution in [-0.4, -0.2) is 48.7 Å². The summed E-state index contributed by atoms with van der Waals surface area (Å²) in [7, 11) is 0. The van der Waals surface area contributed by atoms with Crippen LogP contribution in [0.3, 0.4) is 0 Å². The number of aldehydes is 1. The summed E-state index contributed by atoms with van der Waals surface area (Å²) in [5.74, 6) is 0. The highest BCUT2D eigenvalue weighted by Gasteiger charge is 2.22. The minimum absolute atomic E-state index is 0.590. The zero-order valence-electron chi connectivity index (χ0n) is 9.62. The second-order valence-electron chi connectivity index (χ2n) is 4.07. The minimum atomic E-state index is -0.590. The van der Waals surface area contributed by atoms with E-state index in [4.69, 9.17) is 5.21 Å². The predicted molar refractivity (Wildman–Crippen MR) is 65.0 cm³/mol. The van der Waals surface area contributed by atoms with Crippen molar-refractivity contribution in [3.63, 3.8) is 0 Å². The van der Waals surface area contributed by atoms with Crippen LogP contribution < -0.4 is 10.4 Å². The average molecular weight is 235 g/mol. The lowest BCUT2D eigenvalue weighted by molar-refractivity contribution is -0.117. The molecule has 92 valence electrons. The van der Waals surface area contributed by atoms with Crippen LogP contribution >= 0.6 is 0 Å². The zero-order valence-corrected chi connectivity index (χ0v) is 9.62. The fourth-order valence-corrected chi connectivity index (χ4v) is 2.10. The monoisotopic (exact) mass is 235 g/mol. The number of piperazine rings is 1. The number of nitrogens with zero attached hydrogens (tertiary/aromatic N) is 2. The van der Waals surface area contributed by atoms with E-state index in [1.807, 2.05) is 28.6 Å². The Morgan fingerprint density at radius 2 is 1.82 bits per heavy atom. The molecule has 1 atom stereocenters. The van der Waals surface area contributed by atoms with Gasteiger partial charge in [-0.1, -0.05) is 18.2 Å². The molecule has 5 nitrogen and oxygen atoms in total. The third-order valence-corrected chi connectivity index (χ3v) is 3.09. The lowest BCUT2D eigenvalue weighted by Gasteiger charge is -2.37. The Kier molecular flexibility index (Phi) is 4.08. The summed E-state index contributed by atoms with van der Waals surface area (Å²) in [6.07, 6.45) is 0.131. The molecule has 1 aromatic carbocycles. The molecule has 0 amide bonds.